The van der Waals surface area contributed by atoms with Crippen molar-refractivity contribution in [1.82, 2.24) is 15.3 Å². The number of aromatic amines is 1. The zero-order chi connectivity index (χ0) is 19.0. The van der Waals surface area contributed by atoms with Gasteiger partial charge in [-0.25, -0.2) is 4.98 Å². The number of fused-ring (bicyclic) bond motifs is 1. The number of aromatic nitrogens is 2. The summed E-state index contributed by atoms with van der Waals surface area (Å²) in [5.41, 5.74) is 1.03. The fourth-order valence-electron chi connectivity index (χ4n) is 3.26. The molecule has 1 amide bonds. The maximum atomic E-state index is 12.7. The summed E-state index contributed by atoms with van der Waals surface area (Å²) in [6.45, 7) is 1.04. The molecule has 0 spiro atoms. The molecule has 3 aromatic rings. The normalized spacial score (nSPS) is 17.6. The number of rotatable bonds is 4. The van der Waals surface area contributed by atoms with Crippen molar-refractivity contribution in [3.63, 3.8) is 0 Å². The average molecular weight is 394 g/mol. The second-order valence-electron chi connectivity index (χ2n) is 6.59. The number of carbonyl (C=O) groups excluding carboxylic acids is 1. The highest BCUT2D eigenvalue weighted by Crippen LogP contribution is 2.33. The van der Waals surface area contributed by atoms with Crippen molar-refractivity contribution in [2.75, 3.05) is 18.0 Å². The molecule has 5 nitrogen and oxygen atoms in total. The van der Waals surface area contributed by atoms with Gasteiger partial charge in [0.2, 0.25) is 5.91 Å². The molecule has 0 unspecified atom stereocenters. The van der Waals surface area contributed by atoms with Crippen LogP contribution in [0.4, 0.5) is 18.3 Å². The third-order valence-electron chi connectivity index (χ3n) is 4.59. The summed E-state index contributed by atoms with van der Waals surface area (Å²) in [6.07, 6.45) is -1.63. The monoisotopic (exact) mass is 394 g/mol. The second-order valence-corrected chi connectivity index (χ2v) is 7.42. The van der Waals surface area contributed by atoms with E-state index < -0.39 is 11.9 Å². The van der Waals surface area contributed by atoms with Crippen molar-refractivity contribution in [2.45, 2.75) is 25.1 Å². The Morgan fingerprint density at radius 2 is 2.22 bits per heavy atom. The van der Waals surface area contributed by atoms with E-state index in [1.807, 2.05) is 30.5 Å². The summed E-state index contributed by atoms with van der Waals surface area (Å²) in [5.74, 6) is -0.0946. The molecule has 2 N–H and O–H groups in total. The molecule has 1 atom stereocenters. The second kappa shape index (κ2) is 6.88. The molecule has 0 radical (unpaired) electrons. The molecule has 9 heteroatoms. The Morgan fingerprint density at radius 1 is 1.37 bits per heavy atom. The number of H-pyrrole nitrogens is 1. The zero-order valence-corrected chi connectivity index (χ0v) is 15.0. The lowest BCUT2D eigenvalue weighted by Gasteiger charge is -2.16. The smallest absolute Gasteiger partial charge is 0.361 e. The summed E-state index contributed by atoms with van der Waals surface area (Å²) in [6, 6.07) is 7.71. The van der Waals surface area contributed by atoms with Gasteiger partial charge in [0.25, 0.3) is 0 Å². The Bertz CT molecular complexity index is 965. The number of hydrogen-bond acceptors (Lipinski definition) is 4. The number of anilines is 1. The number of amides is 1. The Hall–Kier alpha value is -2.55. The number of hydrogen-bond donors (Lipinski definition) is 2. The molecule has 142 valence electrons. The largest absolute Gasteiger partial charge is 0.434 e. The average Bonchev–Trinajstić information content (AvgIpc) is 3.33. The van der Waals surface area contributed by atoms with Crippen LogP contribution >= 0.6 is 11.3 Å². The van der Waals surface area contributed by atoms with E-state index in [2.05, 4.69) is 15.3 Å². The highest BCUT2D eigenvalue weighted by atomic mass is 32.1. The first-order chi connectivity index (χ1) is 12.9. The molecule has 3 heterocycles. The van der Waals surface area contributed by atoms with Crippen molar-refractivity contribution < 1.29 is 18.0 Å². The number of carbonyl (C=O) groups is 1. The van der Waals surface area contributed by atoms with E-state index in [9.17, 15) is 18.0 Å². The lowest BCUT2D eigenvalue weighted by atomic mass is 10.1. The van der Waals surface area contributed by atoms with Crippen LogP contribution in [0.25, 0.3) is 10.9 Å². The zero-order valence-electron chi connectivity index (χ0n) is 14.2. The Morgan fingerprint density at radius 3 is 3.00 bits per heavy atom. The van der Waals surface area contributed by atoms with E-state index in [0.717, 1.165) is 33.2 Å². The first-order valence-electron chi connectivity index (χ1n) is 8.51. The summed E-state index contributed by atoms with van der Waals surface area (Å²) in [4.78, 5) is 20.9. The molecule has 2 aromatic heterocycles. The van der Waals surface area contributed by atoms with Crippen molar-refractivity contribution in [2.24, 2.45) is 0 Å². The van der Waals surface area contributed by atoms with E-state index in [-0.39, 0.29) is 18.4 Å². The topological polar surface area (TPSA) is 61.0 Å². The maximum absolute atomic E-state index is 12.7. The first kappa shape index (κ1) is 17.8. The predicted molar refractivity (Wildman–Crippen MR) is 97.9 cm³/mol. The number of nitrogens with zero attached hydrogens (tertiary/aromatic N) is 2. The van der Waals surface area contributed by atoms with Gasteiger partial charge in [-0.3, -0.25) is 4.79 Å². The van der Waals surface area contributed by atoms with Gasteiger partial charge in [0, 0.05) is 36.2 Å². The van der Waals surface area contributed by atoms with Crippen LogP contribution < -0.4 is 10.2 Å². The van der Waals surface area contributed by atoms with E-state index in [1.165, 1.54) is 0 Å². The van der Waals surface area contributed by atoms with E-state index in [0.29, 0.717) is 24.6 Å². The number of benzene rings is 1. The molecule has 4 rings (SSSR count). The fraction of sp³-hybridized carbons (Fsp3) is 0.333. The molecule has 0 bridgehead atoms. The molecule has 0 aliphatic carbocycles. The number of alkyl halides is 3. The van der Waals surface area contributed by atoms with Crippen molar-refractivity contribution in [3.05, 3.63) is 47.1 Å². The Labute approximate surface area is 157 Å². The lowest BCUT2D eigenvalue weighted by Crippen LogP contribution is -2.38. The van der Waals surface area contributed by atoms with Crippen LogP contribution in [0.1, 0.15) is 17.7 Å². The minimum Gasteiger partial charge on any atom is -0.361 e. The standard InChI is InChI=1S/C18H17F3N4OS/c19-18(20,21)15-10-27-17(24-15)25-6-4-13(9-25)23-16(26)8-11-1-2-12-3-5-22-14(12)7-11/h1-3,5,7,10,13,22H,4,6,8-9H2,(H,23,26)/t13-/m1/s1. The first-order valence-corrected chi connectivity index (χ1v) is 9.39. The van der Waals surface area contributed by atoms with Crippen molar-refractivity contribution >= 4 is 33.3 Å². The van der Waals surface area contributed by atoms with Gasteiger partial charge in [0.1, 0.15) is 0 Å². The summed E-state index contributed by atoms with van der Waals surface area (Å²) in [5, 5.41) is 5.43. The van der Waals surface area contributed by atoms with Gasteiger partial charge in [0.05, 0.1) is 6.42 Å². The summed E-state index contributed by atoms with van der Waals surface area (Å²) < 4.78 is 38.1. The van der Waals surface area contributed by atoms with E-state index in [4.69, 9.17) is 0 Å². The quantitative estimate of drug-likeness (QED) is 0.711. The third-order valence-corrected chi connectivity index (χ3v) is 5.49. The molecule has 1 fully saturated rings. The van der Waals surface area contributed by atoms with Gasteiger partial charge >= 0.3 is 6.18 Å². The van der Waals surface area contributed by atoms with Crippen LogP contribution in [-0.2, 0) is 17.4 Å². The van der Waals surface area contributed by atoms with Crippen LogP contribution in [0, 0.1) is 0 Å². The van der Waals surface area contributed by atoms with Gasteiger partial charge in [0.15, 0.2) is 10.8 Å². The predicted octanol–water partition coefficient (Wildman–Crippen LogP) is 3.58. The van der Waals surface area contributed by atoms with Crippen LogP contribution in [0.15, 0.2) is 35.8 Å². The van der Waals surface area contributed by atoms with Crippen LogP contribution in [-0.4, -0.2) is 35.0 Å². The highest BCUT2D eigenvalue weighted by molar-refractivity contribution is 7.13. The van der Waals surface area contributed by atoms with Gasteiger partial charge in [-0.1, -0.05) is 12.1 Å². The number of halogens is 3. The summed E-state index contributed by atoms with van der Waals surface area (Å²) in [7, 11) is 0. The van der Waals surface area contributed by atoms with Gasteiger partial charge in [-0.2, -0.15) is 13.2 Å². The van der Waals surface area contributed by atoms with Gasteiger partial charge in [-0.15, -0.1) is 11.3 Å². The SMILES string of the molecule is O=C(Cc1ccc2cc[nH]c2c1)N[C@@H]1CCN(c2nc(C(F)(F)F)cs2)C1. The molecule has 1 aliphatic heterocycles. The molecule has 1 saturated heterocycles. The number of nitrogens with one attached hydrogen (secondary N) is 2. The van der Waals surface area contributed by atoms with E-state index in [1.54, 1.807) is 4.90 Å². The van der Waals surface area contributed by atoms with Crippen LogP contribution in [0.2, 0.25) is 0 Å². The fourth-order valence-corrected chi connectivity index (χ4v) is 4.13. The van der Waals surface area contributed by atoms with Crippen LogP contribution in [0.5, 0.6) is 0 Å². The van der Waals surface area contributed by atoms with Crippen LogP contribution in [0.3, 0.4) is 0 Å². The van der Waals surface area contributed by atoms with E-state index >= 15 is 0 Å². The van der Waals surface area contributed by atoms with Crippen molar-refractivity contribution in [1.29, 1.82) is 0 Å². The van der Waals surface area contributed by atoms with Gasteiger partial charge in [-0.05, 0) is 29.5 Å². The molecule has 27 heavy (non-hydrogen) atoms. The minimum absolute atomic E-state index is 0.0926. The third kappa shape index (κ3) is 3.92. The molecular formula is C18H17F3N4OS. The lowest BCUT2D eigenvalue weighted by molar-refractivity contribution is -0.140. The molecular weight excluding hydrogens is 377 g/mol. The number of thiazole rings is 1. The summed E-state index contributed by atoms with van der Waals surface area (Å²) >= 11 is 0.978. The molecule has 0 saturated carbocycles. The Balaban J connectivity index is 1.33. The maximum Gasteiger partial charge on any atom is 0.434 e. The van der Waals surface area contributed by atoms with Gasteiger partial charge < -0.3 is 15.2 Å². The van der Waals surface area contributed by atoms with Crippen molar-refractivity contribution in [3.8, 4) is 0 Å². The molecule has 1 aliphatic rings. The minimum atomic E-state index is -4.43. The highest BCUT2D eigenvalue weighted by Gasteiger charge is 2.35. The molecule has 1 aromatic carbocycles. The Kier molecular flexibility index (Phi) is 4.55.